The van der Waals surface area contributed by atoms with Gasteiger partial charge in [0.25, 0.3) is 11.8 Å². The summed E-state index contributed by atoms with van der Waals surface area (Å²) in [6.07, 6.45) is 1.74. The summed E-state index contributed by atoms with van der Waals surface area (Å²) in [7, 11) is 0. The van der Waals surface area contributed by atoms with Crippen molar-refractivity contribution in [3.8, 4) is 22.8 Å². The van der Waals surface area contributed by atoms with Gasteiger partial charge in [-0.15, -0.1) is 0 Å². The average molecular weight is 527 g/mol. The SMILES string of the molecule is O=C(c1ccc(Oc2ccccc2)cc1)N1CC2(CCN(C(=O)c3ccc(-c4ccc(Cl)cc4)o3)CC2)C1. The second-order valence-electron chi connectivity index (χ2n) is 10.1. The van der Waals surface area contributed by atoms with Crippen molar-refractivity contribution in [1.29, 1.82) is 0 Å². The van der Waals surface area contributed by atoms with Crippen LogP contribution in [0.15, 0.2) is 95.4 Å². The van der Waals surface area contributed by atoms with Gasteiger partial charge in [-0.1, -0.05) is 29.8 Å². The predicted octanol–water partition coefficient (Wildman–Crippen LogP) is 6.77. The first-order valence-electron chi connectivity index (χ1n) is 12.8. The van der Waals surface area contributed by atoms with Crippen LogP contribution in [0, 0.1) is 5.41 Å². The van der Waals surface area contributed by atoms with Crippen LogP contribution in [0.1, 0.15) is 33.8 Å². The molecule has 0 aliphatic carbocycles. The molecule has 0 radical (unpaired) electrons. The molecule has 3 heterocycles. The highest BCUT2D eigenvalue weighted by atomic mass is 35.5. The summed E-state index contributed by atoms with van der Waals surface area (Å²) < 4.78 is 11.7. The largest absolute Gasteiger partial charge is 0.457 e. The maximum atomic E-state index is 13.1. The van der Waals surface area contributed by atoms with Gasteiger partial charge in [0, 0.05) is 47.7 Å². The van der Waals surface area contributed by atoms with Gasteiger partial charge < -0.3 is 19.0 Å². The van der Waals surface area contributed by atoms with Crippen LogP contribution in [0.2, 0.25) is 5.02 Å². The molecule has 6 rings (SSSR count). The molecule has 1 spiro atoms. The highest BCUT2D eigenvalue weighted by Crippen LogP contribution is 2.41. The normalized spacial score (nSPS) is 16.2. The van der Waals surface area contributed by atoms with Gasteiger partial charge in [-0.3, -0.25) is 9.59 Å². The van der Waals surface area contributed by atoms with Gasteiger partial charge in [-0.25, -0.2) is 0 Å². The molecule has 0 unspecified atom stereocenters. The Morgan fingerprint density at radius 2 is 1.39 bits per heavy atom. The molecule has 2 aliphatic rings. The number of carbonyl (C=O) groups is 2. The van der Waals surface area contributed by atoms with E-state index in [0.29, 0.717) is 40.9 Å². The second-order valence-corrected chi connectivity index (χ2v) is 10.5. The minimum atomic E-state index is -0.0925. The number of rotatable bonds is 5. The maximum absolute atomic E-state index is 13.1. The zero-order valence-corrected chi connectivity index (χ0v) is 21.6. The minimum absolute atomic E-state index is 0.0331. The van der Waals surface area contributed by atoms with E-state index in [0.717, 1.165) is 37.2 Å². The summed E-state index contributed by atoms with van der Waals surface area (Å²) in [4.78, 5) is 29.8. The molecule has 2 fully saturated rings. The van der Waals surface area contributed by atoms with E-state index in [1.54, 1.807) is 18.2 Å². The summed E-state index contributed by atoms with van der Waals surface area (Å²) in [5.74, 6) is 2.38. The first kappa shape index (κ1) is 24.3. The molecule has 0 atom stereocenters. The third-order valence-electron chi connectivity index (χ3n) is 7.48. The quantitative estimate of drug-likeness (QED) is 0.288. The molecular formula is C31H27ClN2O4. The number of furan rings is 1. The van der Waals surface area contributed by atoms with E-state index in [-0.39, 0.29) is 17.2 Å². The molecule has 6 nitrogen and oxygen atoms in total. The Balaban J connectivity index is 1.01. The summed E-state index contributed by atoms with van der Waals surface area (Å²) in [5, 5.41) is 0.654. The zero-order chi connectivity index (χ0) is 26.1. The van der Waals surface area contributed by atoms with E-state index in [2.05, 4.69) is 0 Å². The number of benzene rings is 3. The summed E-state index contributed by atoms with van der Waals surface area (Å²) in [6.45, 7) is 2.75. The van der Waals surface area contributed by atoms with E-state index in [1.807, 2.05) is 82.6 Å². The summed E-state index contributed by atoms with van der Waals surface area (Å²) in [6, 6.07) is 27.7. The zero-order valence-electron chi connectivity index (χ0n) is 20.8. The summed E-state index contributed by atoms with van der Waals surface area (Å²) >= 11 is 5.97. The van der Waals surface area contributed by atoms with E-state index in [1.165, 1.54) is 0 Å². The molecule has 0 N–H and O–H groups in total. The Labute approximate surface area is 226 Å². The second kappa shape index (κ2) is 10.0. The van der Waals surface area contributed by atoms with Crippen molar-refractivity contribution in [2.45, 2.75) is 12.8 Å². The lowest BCUT2D eigenvalue weighted by Gasteiger charge is -2.53. The van der Waals surface area contributed by atoms with Crippen LogP contribution >= 0.6 is 11.6 Å². The summed E-state index contributed by atoms with van der Waals surface area (Å²) in [5.41, 5.74) is 1.62. The van der Waals surface area contributed by atoms with Gasteiger partial charge in [0.2, 0.25) is 0 Å². The van der Waals surface area contributed by atoms with Crippen LogP contribution in [-0.2, 0) is 0 Å². The lowest BCUT2D eigenvalue weighted by Crippen LogP contribution is -2.62. The highest BCUT2D eigenvalue weighted by Gasteiger charge is 2.47. The lowest BCUT2D eigenvalue weighted by molar-refractivity contribution is -0.0292. The van der Waals surface area contributed by atoms with Crippen LogP contribution in [0.25, 0.3) is 11.3 Å². The Hall–Kier alpha value is -4.03. The lowest BCUT2D eigenvalue weighted by atomic mass is 9.71. The van der Waals surface area contributed by atoms with Crippen LogP contribution in [0.3, 0.4) is 0 Å². The number of ether oxygens (including phenoxy) is 1. The molecule has 3 aromatic carbocycles. The number of para-hydroxylation sites is 1. The molecule has 1 aromatic heterocycles. The number of hydrogen-bond acceptors (Lipinski definition) is 4. The number of likely N-dealkylation sites (tertiary alicyclic amines) is 2. The standard InChI is InChI=1S/C31H27ClN2O4/c32-24-10-6-22(7-11-24)27-14-15-28(38-27)30(36)33-18-16-31(17-19-33)20-34(21-31)29(35)23-8-12-26(13-9-23)37-25-4-2-1-3-5-25/h1-15H,16-21H2. The Morgan fingerprint density at radius 3 is 2.08 bits per heavy atom. The molecular weight excluding hydrogens is 500 g/mol. The molecule has 2 amide bonds. The van der Waals surface area contributed by atoms with Crippen LogP contribution in [0.5, 0.6) is 11.5 Å². The van der Waals surface area contributed by atoms with Crippen molar-refractivity contribution < 1.29 is 18.7 Å². The van der Waals surface area contributed by atoms with Gasteiger partial charge in [0.1, 0.15) is 17.3 Å². The van der Waals surface area contributed by atoms with E-state index in [4.69, 9.17) is 20.8 Å². The van der Waals surface area contributed by atoms with Gasteiger partial charge >= 0.3 is 0 Å². The van der Waals surface area contributed by atoms with Crippen molar-refractivity contribution in [3.05, 3.63) is 107 Å². The van der Waals surface area contributed by atoms with Crippen molar-refractivity contribution in [2.75, 3.05) is 26.2 Å². The number of nitrogens with zero attached hydrogens (tertiary/aromatic N) is 2. The van der Waals surface area contributed by atoms with Crippen LogP contribution in [-0.4, -0.2) is 47.8 Å². The Kier molecular flexibility index (Phi) is 6.42. The molecule has 2 aliphatic heterocycles. The average Bonchev–Trinajstić information content (AvgIpc) is 3.43. The van der Waals surface area contributed by atoms with Crippen LogP contribution < -0.4 is 4.74 Å². The third-order valence-corrected chi connectivity index (χ3v) is 7.73. The smallest absolute Gasteiger partial charge is 0.289 e. The van der Waals surface area contributed by atoms with Crippen molar-refractivity contribution in [3.63, 3.8) is 0 Å². The molecule has 0 bridgehead atoms. The van der Waals surface area contributed by atoms with Crippen molar-refractivity contribution in [2.24, 2.45) is 5.41 Å². The monoisotopic (exact) mass is 526 g/mol. The first-order valence-corrected chi connectivity index (χ1v) is 13.1. The molecule has 7 heteroatoms. The van der Waals surface area contributed by atoms with Gasteiger partial charge in [0.15, 0.2) is 5.76 Å². The van der Waals surface area contributed by atoms with E-state index >= 15 is 0 Å². The number of halogens is 1. The molecule has 38 heavy (non-hydrogen) atoms. The van der Waals surface area contributed by atoms with E-state index in [9.17, 15) is 9.59 Å². The molecule has 2 saturated heterocycles. The van der Waals surface area contributed by atoms with Crippen LogP contribution in [0.4, 0.5) is 0 Å². The number of hydrogen-bond donors (Lipinski definition) is 0. The molecule has 4 aromatic rings. The molecule has 0 saturated carbocycles. The molecule has 192 valence electrons. The number of piperidine rings is 1. The van der Waals surface area contributed by atoms with Crippen molar-refractivity contribution in [1.82, 2.24) is 9.80 Å². The maximum Gasteiger partial charge on any atom is 0.289 e. The van der Waals surface area contributed by atoms with Gasteiger partial charge in [-0.2, -0.15) is 0 Å². The Morgan fingerprint density at radius 1 is 0.737 bits per heavy atom. The van der Waals surface area contributed by atoms with Gasteiger partial charge in [-0.05, 0) is 85.6 Å². The predicted molar refractivity (Wildman–Crippen MR) is 146 cm³/mol. The van der Waals surface area contributed by atoms with Gasteiger partial charge in [0.05, 0.1) is 0 Å². The number of carbonyl (C=O) groups excluding carboxylic acids is 2. The first-order chi connectivity index (χ1) is 18.5. The third kappa shape index (κ3) is 4.92. The fourth-order valence-electron chi connectivity index (χ4n) is 5.26. The fraction of sp³-hybridized carbons (Fsp3) is 0.226. The number of amides is 2. The van der Waals surface area contributed by atoms with E-state index < -0.39 is 0 Å². The minimum Gasteiger partial charge on any atom is -0.457 e. The van der Waals surface area contributed by atoms with Crippen molar-refractivity contribution >= 4 is 23.4 Å². The Bertz CT molecular complexity index is 1430. The fourth-order valence-corrected chi connectivity index (χ4v) is 5.38. The highest BCUT2D eigenvalue weighted by molar-refractivity contribution is 6.30. The topological polar surface area (TPSA) is 63.0 Å².